The maximum absolute atomic E-state index is 10.2. The van der Waals surface area contributed by atoms with Crippen molar-refractivity contribution in [2.45, 2.75) is 0 Å². The molecule has 1 heterocycles. The number of carboxylic acid groups (broad SMARTS) is 1. The van der Waals surface area contributed by atoms with Crippen molar-refractivity contribution in [3.05, 3.63) is 53.4 Å². The Morgan fingerprint density at radius 1 is 1.07 bits per heavy atom. The molecule has 0 aliphatic carbocycles. The number of hydrogen-bond donors (Lipinski definition) is 2. The number of rotatable bonds is 1. The molecule has 0 unspecified atom stereocenters. The zero-order valence-corrected chi connectivity index (χ0v) is 8.65. The Kier molecular flexibility index (Phi) is 4.37. The maximum atomic E-state index is 10.2. The molecule has 0 radical (unpaired) electrons. The minimum absolute atomic E-state index is 0.331. The summed E-state index contributed by atoms with van der Waals surface area (Å²) in [6.45, 7) is 0. The standard InChI is InChI=1S/C7H6O2.C4H4OS/c8-7(9)6-4-2-1-3-5-6;5-4-2-1-3-6-4/h1-5H,(H,8,9);1-3,5H. The molecule has 0 bridgehead atoms. The van der Waals surface area contributed by atoms with Crippen LogP contribution in [0.2, 0.25) is 0 Å². The lowest BCUT2D eigenvalue weighted by molar-refractivity contribution is 0.0697. The SMILES string of the molecule is O=C(O)c1ccccc1.Oc1cccs1. The number of aromatic carboxylic acids is 1. The molecule has 0 fully saturated rings. The van der Waals surface area contributed by atoms with Gasteiger partial charge < -0.3 is 10.2 Å². The van der Waals surface area contributed by atoms with Gasteiger partial charge in [0.25, 0.3) is 0 Å². The van der Waals surface area contributed by atoms with Crippen molar-refractivity contribution in [2.75, 3.05) is 0 Å². The summed E-state index contributed by atoms with van der Waals surface area (Å²) in [5, 5.41) is 19.1. The van der Waals surface area contributed by atoms with Crippen molar-refractivity contribution < 1.29 is 15.0 Å². The molecule has 2 aromatic rings. The molecule has 0 saturated carbocycles. The van der Waals surface area contributed by atoms with Crippen LogP contribution in [0.1, 0.15) is 10.4 Å². The van der Waals surface area contributed by atoms with Gasteiger partial charge in [0.05, 0.1) is 5.56 Å². The topological polar surface area (TPSA) is 57.5 Å². The maximum Gasteiger partial charge on any atom is 0.335 e. The highest BCUT2D eigenvalue weighted by Gasteiger charge is 1.96. The number of aromatic hydroxyl groups is 1. The fraction of sp³-hybridized carbons (Fsp3) is 0. The minimum atomic E-state index is -0.879. The molecule has 0 aliphatic heterocycles. The first-order valence-electron chi connectivity index (χ1n) is 4.21. The largest absolute Gasteiger partial charge is 0.499 e. The molecular formula is C11H10O3S. The Balaban J connectivity index is 0.000000162. The molecule has 2 N–H and O–H groups in total. The second kappa shape index (κ2) is 5.82. The van der Waals surface area contributed by atoms with Gasteiger partial charge in [-0.2, -0.15) is 0 Å². The van der Waals surface area contributed by atoms with Gasteiger partial charge in [-0.25, -0.2) is 4.79 Å². The van der Waals surface area contributed by atoms with Crippen LogP contribution in [-0.4, -0.2) is 16.2 Å². The van der Waals surface area contributed by atoms with E-state index in [1.165, 1.54) is 11.3 Å². The van der Waals surface area contributed by atoms with E-state index < -0.39 is 5.97 Å². The predicted molar refractivity (Wildman–Crippen MR) is 59.4 cm³/mol. The molecule has 0 saturated heterocycles. The van der Waals surface area contributed by atoms with Crippen molar-refractivity contribution in [3.8, 4) is 5.06 Å². The first-order chi connectivity index (χ1) is 7.20. The van der Waals surface area contributed by atoms with Crippen LogP contribution in [0.5, 0.6) is 5.06 Å². The summed E-state index contributed by atoms with van der Waals surface area (Å²) in [7, 11) is 0. The van der Waals surface area contributed by atoms with E-state index in [2.05, 4.69) is 0 Å². The summed E-state index contributed by atoms with van der Waals surface area (Å²) in [6.07, 6.45) is 0. The predicted octanol–water partition coefficient (Wildman–Crippen LogP) is 2.84. The van der Waals surface area contributed by atoms with Crippen molar-refractivity contribution in [3.63, 3.8) is 0 Å². The van der Waals surface area contributed by atoms with Crippen molar-refractivity contribution in [1.29, 1.82) is 0 Å². The molecular weight excluding hydrogens is 212 g/mol. The number of carboxylic acids is 1. The first kappa shape index (κ1) is 11.3. The van der Waals surface area contributed by atoms with E-state index in [-0.39, 0.29) is 0 Å². The van der Waals surface area contributed by atoms with Gasteiger partial charge in [0.1, 0.15) is 0 Å². The molecule has 2 rings (SSSR count). The van der Waals surface area contributed by atoms with Crippen LogP contribution in [0, 0.1) is 0 Å². The summed E-state index contributed by atoms with van der Waals surface area (Å²) in [5.41, 5.74) is 0.331. The van der Waals surface area contributed by atoms with Crippen LogP contribution < -0.4 is 0 Å². The van der Waals surface area contributed by atoms with Crippen LogP contribution in [0.4, 0.5) is 0 Å². The Bertz CT molecular complexity index is 395. The molecule has 15 heavy (non-hydrogen) atoms. The number of thiophene rings is 1. The molecule has 0 atom stereocenters. The number of benzene rings is 1. The molecule has 0 aliphatic rings. The van der Waals surface area contributed by atoms with E-state index in [0.717, 1.165) is 0 Å². The lowest BCUT2D eigenvalue weighted by Crippen LogP contribution is -1.93. The second-order valence-electron chi connectivity index (χ2n) is 2.62. The van der Waals surface area contributed by atoms with Crippen LogP contribution in [-0.2, 0) is 0 Å². The molecule has 3 nitrogen and oxygen atoms in total. The Morgan fingerprint density at radius 2 is 1.73 bits per heavy atom. The van der Waals surface area contributed by atoms with Gasteiger partial charge in [0.2, 0.25) is 0 Å². The summed E-state index contributed by atoms with van der Waals surface area (Å²) in [6, 6.07) is 11.8. The van der Waals surface area contributed by atoms with E-state index >= 15 is 0 Å². The van der Waals surface area contributed by atoms with Crippen molar-refractivity contribution >= 4 is 17.3 Å². The molecule has 1 aromatic heterocycles. The van der Waals surface area contributed by atoms with Crippen molar-refractivity contribution in [1.82, 2.24) is 0 Å². The van der Waals surface area contributed by atoms with Gasteiger partial charge in [0, 0.05) is 0 Å². The summed E-state index contributed by atoms with van der Waals surface area (Å²) in [5.74, 6) is -0.879. The van der Waals surface area contributed by atoms with Gasteiger partial charge in [0.15, 0.2) is 5.06 Å². The van der Waals surface area contributed by atoms with E-state index in [0.29, 0.717) is 10.6 Å². The smallest absolute Gasteiger partial charge is 0.335 e. The molecule has 0 amide bonds. The van der Waals surface area contributed by atoms with Gasteiger partial charge in [-0.3, -0.25) is 0 Å². The first-order valence-corrected chi connectivity index (χ1v) is 5.09. The van der Waals surface area contributed by atoms with Crippen molar-refractivity contribution in [2.24, 2.45) is 0 Å². The normalized spacial score (nSPS) is 8.80. The average Bonchev–Trinajstić information content (AvgIpc) is 2.71. The third-order valence-electron chi connectivity index (χ3n) is 1.53. The van der Waals surface area contributed by atoms with Crippen LogP contribution in [0.3, 0.4) is 0 Å². The Labute approximate surface area is 91.2 Å². The zero-order chi connectivity index (χ0) is 11.1. The molecule has 78 valence electrons. The highest BCUT2D eigenvalue weighted by atomic mass is 32.1. The van der Waals surface area contributed by atoms with Gasteiger partial charge in [-0.15, -0.1) is 11.3 Å². The molecule has 1 aromatic carbocycles. The summed E-state index contributed by atoms with van der Waals surface area (Å²) in [4.78, 5) is 10.2. The highest BCUT2D eigenvalue weighted by Crippen LogP contribution is 2.14. The fourth-order valence-electron chi connectivity index (χ4n) is 0.851. The zero-order valence-electron chi connectivity index (χ0n) is 7.83. The quantitative estimate of drug-likeness (QED) is 0.780. The van der Waals surface area contributed by atoms with E-state index in [9.17, 15) is 4.79 Å². The van der Waals surface area contributed by atoms with Crippen LogP contribution in [0.25, 0.3) is 0 Å². The van der Waals surface area contributed by atoms with Gasteiger partial charge >= 0.3 is 5.97 Å². The summed E-state index contributed by atoms with van der Waals surface area (Å²) < 4.78 is 0. The van der Waals surface area contributed by atoms with Crippen LogP contribution in [0.15, 0.2) is 47.8 Å². The van der Waals surface area contributed by atoms with Gasteiger partial charge in [-0.05, 0) is 29.6 Å². The molecule has 0 spiro atoms. The number of carbonyl (C=O) groups is 1. The second-order valence-corrected chi connectivity index (χ2v) is 3.55. The van der Waals surface area contributed by atoms with Gasteiger partial charge in [-0.1, -0.05) is 18.2 Å². The Hall–Kier alpha value is -1.81. The molecule has 4 heteroatoms. The third kappa shape index (κ3) is 4.28. The lowest BCUT2D eigenvalue weighted by Gasteiger charge is -1.88. The minimum Gasteiger partial charge on any atom is -0.499 e. The summed E-state index contributed by atoms with van der Waals surface area (Å²) >= 11 is 1.33. The van der Waals surface area contributed by atoms with E-state index in [1.807, 2.05) is 5.38 Å². The monoisotopic (exact) mass is 222 g/mol. The fourth-order valence-corrected chi connectivity index (χ4v) is 1.30. The Morgan fingerprint density at radius 3 is 2.00 bits per heavy atom. The average molecular weight is 222 g/mol. The lowest BCUT2D eigenvalue weighted by atomic mass is 10.2. The van der Waals surface area contributed by atoms with Crippen LogP contribution >= 0.6 is 11.3 Å². The number of hydrogen-bond acceptors (Lipinski definition) is 3. The third-order valence-corrected chi connectivity index (χ3v) is 2.20. The highest BCUT2D eigenvalue weighted by molar-refractivity contribution is 7.11. The van der Waals surface area contributed by atoms with E-state index in [4.69, 9.17) is 10.2 Å². The van der Waals surface area contributed by atoms with E-state index in [1.54, 1.807) is 42.5 Å².